The Balaban J connectivity index is 1.53. The van der Waals surface area contributed by atoms with Crippen LogP contribution in [0, 0.1) is 6.92 Å². The molecule has 1 aliphatic heterocycles. The van der Waals surface area contributed by atoms with Crippen LogP contribution >= 0.6 is 0 Å². The quantitative estimate of drug-likeness (QED) is 0.453. The summed E-state index contributed by atoms with van der Waals surface area (Å²) in [7, 11) is 5.35. The first kappa shape index (κ1) is 21.9. The van der Waals surface area contributed by atoms with Crippen LogP contribution in [0.2, 0.25) is 0 Å². The predicted molar refractivity (Wildman–Crippen MR) is 128 cm³/mol. The van der Waals surface area contributed by atoms with E-state index in [1.807, 2.05) is 38.5 Å². The fourth-order valence-corrected chi connectivity index (χ4v) is 4.01. The number of aryl methyl sites for hydroxylation is 2. The van der Waals surface area contributed by atoms with Crippen LogP contribution in [0.15, 0.2) is 36.8 Å². The molecule has 5 rings (SSSR count). The minimum Gasteiger partial charge on any atom is -0.471 e. The minimum absolute atomic E-state index is 0.0453. The van der Waals surface area contributed by atoms with Gasteiger partial charge in [-0.25, -0.2) is 0 Å². The monoisotopic (exact) mass is 461 g/mol. The van der Waals surface area contributed by atoms with E-state index in [4.69, 9.17) is 19.4 Å². The van der Waals surface area contributed by atoms with Crippen molar-refractivity contribution in [2.24, 2.45) is 7.05 Å². The average molecular weight is 462 g/mol. The van der Waals surface area contributed by atoms with Crippen LogP contribution in [-0.4, -0.2) is 69.0 Å². The Hall–Kier alpha value is -3.92. The average Bonchev–Trinajstić information content (AvgIpc) is 3.55. The van der Waals surface area contributed by atoms with E-state index in [2.05, 4.69) is 15.4 Å². The second-order valence-corrected chi connectivity index (χ2v) is 8.64. The van der Waals surface area contributed by atoms with E-state index in [0.717, 1.165) is 34.2 Å². The number of hydrogen-bond acceptors (Lipinski definition) is 7. The maximum Gasteiger partial charge on any atom is 0.253 e. The summed E-state index contributed by atoms with van der Waals surface area (Å²) >= 11 is 0. The molecule has 1 aromatic carbocycles. The number of nitrogens with zero attached hydrogens (tertiary/aromatic N) is 5. The summed E-state index contributed by atoms with van der Waals surface area (Å²) in [6.45, 7) is 3.14. The van der Waals surface area contributed by atoms with E-state index < -0.39 is 0 Å². The summed E-state index contributed by atoms with van der Waals surface area (Å²) in [5.41, 5.74) is 4.87. The summed E-state index contributed by atoms with van der Waals surface area (Å²) in [6, 6.07) is 5.50. The van der Waals surface area contributed by atoms with E-state index in [1.165, 1.54) is 0 Å². The lowest BCUT2D eigenvalue weighted by atomic mass is 10.1. The highest BCUT2D eigenvalue weighted by molar-refractivity contribution is 5.98. The maximum absolute atomic E-state index is 12.3. The molecule has 0 bridgehead atoms. The zero-order valence-electron chi connectivity index (χ0n) is 19.6. The largest absolute Gasteiger partial charge is 0.471 e. The Morgan fingerprint density at radius 1 is 1.32 bits per heavy atom. The third-order valence-corrected chi connectivity index (χ3v) is 5.81. The number of aromatic amines is 1. The molecular weight excluding hydrogens is 434 g/mol. The number of aromatic nitrogens is 5. The number of nitrogens with one attached hydrogen (secondary N) is 2. The van der Waals surface area contributed by atoms with Crippen molar-refractivity contribution in [2.75, 3.05) is 32.6 Å². The number of ether oxygens (including phenoxy) is 2. The van der Waals surface area contributed by atoms with Crippen LogP contribution in [0.25, 0.3) is 22.2 Å². The molecule has 3 aromatic heterocycles. The summed E-state index contributed by atoms with van der Waals surface area (Å²) in [6.07, 6.45) is 6.38. The second-order valence-electron chi connectivity index (χ2n) is 8.64. The Kier molecular flexibility index (Phi) is 5.66. The van der Waals surface area contributed by atoms with Gasteiger partial charge in [-0.2, -0.15) is 15.1 Å². The molecule has 4 aromatic rings. The lowest BCUT2D eigenvalue weighted by Gasteiger charge is -2.15. The van der Waals surface area contributed by atoms with Gasteiger partial charge in [-0.15, -0.1) is 0 Å². The van der Waals surface area contributed by atoms with Crippen LogP contribution in [0.1, 0.15) is 22.3 Å². The van der Waals surface area contributed by atoms with Gasteiger partial charge in [0.05, 0.1) is 24.8 Å². The number of H-pyrrole nitrogens is 1. The Bertz CT molecular complexity index is 1350. The van der Waals surface area contributed by atoms with E-state index >= 15 is 0 Å². The highest BCUT2D eigenvalue weighted by Gasteiger charge is 2.23. The third kappa shape index (κ3) is 4.19. The van der Waals surface area contributed by atoms with E-state index in [9.17, 15) is 4.79 Å². The fourth-order valence-electron chi connectivity index (χ4n) is 4.01. The number of carbonyl (C=O) groups excluding carboxylic acids is 1. The van der Waals surface area contributed by atoms with Crippen molar-refractivity contribution < 1.29 is 14.3 Å². The molecule has 1 amide bonds. The summed E-state index contributed by atoms with van der Waals surface area (Å²) < 4.78 is 13.5. The van der Waals surface area contributed by atoms with Gasteiger partial charge < -0.3 is 24.7 Å². The molecule has 1 unspecified atom stereocenters. The zero-order chi connectivity index (χ0) is 23.8. The zero-order valence-corrected chi connectivity index (χ0v) is 19.6. The lowest BCUT2D eigenvalue weighted by Crippen LogP contribution is -2.21. The molecule has 1 aliphatic rings. The van der Waals surface area contributed by atoms with E-state index in [0.29, 0.717) is 36.3 Å². The normalized spacial score (nSPS) is 15.6. The van der Waals surface area contributed by atoms with Gasteiger partial charge in [0.1, 0.15) is 11.8 Å². The number of carbonyl (C=O) groups is 1. The van der Waals surface area contributed by atoms with E-state index in [1.54, 1.807) is 35.9 Å². The van der Waals surface area contributed by atoms with Crippen molar-refractivity contribution in [2.45, 2.75) is 19.4 Å². The van der Waals surface area contributed by atoms with Crippen LogP contribution in [0.3, 0.4) is 0 Å². The second kappa shape index (κ2) is 8.79. The molecule has 1 saturated heterocycles. The lowest BCUT2D eigenvalue weighted by molar-refractivity contribution is 0.0827. The first-order valence-corrected chi connectivity index (χ1v) is 11.1. The van der Waals surface area contributed by atoms with Crippen LogP contribution in [-0.2, 0) is 11.8 Å². The van der Waals surface area contributed by atoms with Gasteiger partial charge in [0.25, 0.3) is 5.91 Å². The van der Waals surface area contributed by atoms with Crippen LogP contribution in [0.4, 0.5) is 11.6 Å². The van der Waals surface area contributed by atoms with Crippen molar-refractivity contribution in [1.29, 1.82) is 0 Å². The van der Waals surface area contributed by atoms with E-state index in [-0.39, 0.29) is 12.0 Å². The van der Waals surface area contributed by atoms with Gasteiger partial charge in [-0.05, 0) is 30.7 Å². The molecule has 0 aliphatic carbocycles. The number of rotatable bonds is 6. The molecule has 10 nitrogen and oxygen atoms in total. The molecule has 10 heteroatoms. The topological polar surface area (TPSA) is 110 Å². The van der Waals surface area contributed by atoms with Gasteiger partial charge in [0.2, 0.25) is 11.8 Å². The number of fused-ring (bicyclic) bond motifs is 1. The van der Waals surface area contributed by atoms with Crippen molar-refractivity contribution >= 4 is 28.6 Å². The molecule has 0 spiro atoms. The Morgan fingerprint density at radius 3 is 2.85 bits per heavy atom. The molecule has 4 heterocycles. The van der Waals surface area contributed by atoms with Crippen LogP contribution < -0.4 is 10.1 Å². The molecule has 2 N–H and O–H groups in total. The van der Waals surface area contributed by atoms with Gasteiger partial charge in [0.15, 0.2) is 0 Å². The molecule has 0 saturated carbocycles. The van der Waals surface area contributed by atoms with Crippen LogP contribution in [0.5, 0.6) is 5.88 Å². The Labute approximate surface area is 196 Å². The molecule has 0 radical (unpaired) electrons. The molecule has 34 heavy (non-hydrogen) atoms. The van der Waals surface area contributed by atoms with Crippen molar-refractivity contribution in [3.8, 4) is 17.0 Å². The smallest absolute Gasteiger partial charge is 0.253 e. The molecule has 176 valence electrons. The van der Waals surface area contributed by atoms with Crippen molar-refractivity contribution in [1.82, 2.24) is 29.6 Å². The Morgan fingerprint density at radius 2 is 2.18 bits per heavy atom. The summed E-state index contributed by atoms with van der Waals surface area (Å²) in [5.74, 6) is 0.840. The minimum atomic E-state index is -0.0688. The highest BCUT2D eigenvalue weighted by atomic mass is 16.5. The number of hydrogen-bond donors (Lipinski definition) is 2. The van der Waals surface area contributed by atoms with Gasteiger partial charge >= 0.3 is 0 Å². The number of amides is 1. The van der Waals surface area contributed by atoms with Crippen molar-refractivity contribution in [3.63, 3.8) is 0 Å². The third-order valence-electron chi connectivity index (χ3n) is 5.81. The van der Waals surface area contributed by atoms with Crippen molar-refractivity contribution in [3.05, 3.63) is 47.9 Å². The van der Waals surface area contributed by atoms with Gasteiger partial charge in [0, 0.05) is 62.3 Å². The standard InChI is InChI=1S/C24H27N7O3/c1-14-9-15(23(32)30(2)3)5-6-19(14)27-24-28-21-20(22(29-24)34-17-7-8-33-13-17)18(11-25-21)16-10-26-31(4)12-16/h5-6,9-12,17H,7-8,13H2,1-4H3,(H2,25,27,28,29). The summed E-state index contributed by atoms with van der Waals surface area (Å²) in [5, 5.41) is 8.37. The maximum atomic E-state index is 12.3. The number of benzene rings is 1. The first-order chi connectivity index (χ1) is 16.4. The van der Waals surface area contributed by atoms with Gasteiger partial charge in [-0.3, -0.25) is 9.48 Å². The first-order valence-electron chi connectivity index (χ1n) is 11.1. The SMILES string of the molecule is Cc1cc(C(=O)N(C)C)ccc1Nc1nc(OC2CCOC2)c2c(-c3cnn(C)c3)c[nH]c2n1. The molecule has 1 atom stereocenters. The molecular formula is C24H27N7O3. The highest BCUT2D eigenvalue weighted by Crippen LogP contribution is 2.35. The van der Waals surface area contributed by atoms with Gasteiger partial charge in [-0.1, -0.05) is 0 Å². The number of anilines is 2. The predicted octanol–water partition coefficient (Wildman–Crippen LogP) is 3.28. The summed E-state index contributed by atoms with van der Waals surface area (Å²) in [4.78, 5) is 26.5. The fraction of sp³-hybridized carbons (Fsp3) is 0.333. The molecule has 1 fully saturated rings.